The van der Waals surface area contributed by atoms with Crippen molar-refractivity contribution in [1.29, 1.82) is 0 Å². The number of carbonyl (C=O) groups is 1. The minimum atomic E-state index is -1.70. The van der Waals surface area contributed by atoms with E-state index in [2.05, 4.69) is 20.8 Å². The van der Waals surface area contributed by atoms with E-state index in [9.17, 15) is 18.0 Å². The summed E-state index contributed by atoms with van der Waals surface area (Å²) in [6.45, 7) is 3.99. The lowest BCUT2D eigenvalue weighted by molar-refractivity contribution is 0.102. The minimum Gasteiger partial charge on any atom is -0.366 e. The Morgan fingerprint density at radius 3 is 2.35 bits per heavy atom. The van der Waals surface area contributed by atoms with Crippen LogP contribution in [0.15, 0.2) is 24.3 Å². The van der Waals surface area contributed by atoms with Crippen LogP contribution < -0.4 is 10.6 Å². The number of amides is 1. The Bertz CT molecular complexity index is 707. The molecule has 0 aliphatic rings. The third-order valence-electron chi connectivity index (χ3n) is 3.19. The van der Waals surface area contributed by atoms with Gasteiger partial charge in [-0.25, -0.2) is 13.2 Å². The van der Waals surface area contributed by atoms with Gasteiger partial charge in [-0.05, 0) is 37.6 Å². The van der Waals surface area contributed by atoms with E-state index in [4.69, 9.17) is 0 Å². The Kier molecular flexibility index (Phi) is 5.15. The topological polar surface area (TPSA) is 66.9 Å². The highest BCUT2D eigenvalue weighted by Gasteiger charge is 2.19. The zero-order valence-electron chi connectivity index (χ0n) is 12.5. The van der Waals surface area contributed by atoms with E-state index in [1.165, 1.54) is 6.07 Å². The summed E-state index contributed by atoms with van der Waals surface area (Å²) in [7, 11) is 0. The number of benzene rings is 1. The van der Waals surface area contributed by atoms with Gasteiger partial charge in [-0.1, -0.05) is 6.92 Å². The minimum absolute atomic E-state index is 0.0637. The Hall–Kier alpha value is -2.64. The molecule has 2 N–H and O–H groups in total. The third kappa shape index (κ3) is 3.97. The molecular formula is C15H15F3N4O. The first-order valence-electron chi connectivity index (χ1n) is 6.97. The van der Waals surface area contributed by atoms with E-state index >= 15 is 0 Å². The SMILES string of the molecule is CCC(C)Nc1ccc(NC(=O)c2ccc(F)c(F)c2F)nn1. The molecular weight excluding hydrogens is 309 g/mol. The molecule has 0 radical (unpaired) electrons. The van der Waals surface area contributed by atoms with Gasteiger partial charge >= 0.3 is 0 Å². The number of anilines is 2. The molecule has 0 saturated heterocycles. The Balaban J connectivity index is 2.10. The number of carbonyl (C=O) groups excluding carboxylic acids is 1. The van der Waals surface area contributed by atoms with Gasteiger partial charge in [0.2, 0.25) is 0 Å². The van der Waals surface area contributed by atoms with Gasteiger partial charge in [-0.3, -0.25) is 4.79 Å². The van der Waals surface area contributed by atoms with Crippen molar-refractivity contribution < 1.29 is 18.0 Å². The summed E-state index contributed by atoms with van der Waals surface area (Å²) in [6, 6.07) is 4.80. The molecule has 0 fully saturated rings. The summed E-state index contributed by atoms with van der Waals surface area (Å²) in [4.78, 5) is 11.9. The van der Waals surface area contributed by atoms with Crippen LogP contribution in [0, 0.1) is 17.5 Å². The van der Waals surface area contributed by atoms with E-state index in [0.29, 0.717) is 11.9 Å². The van der Waals surface area contributed by atoms with Crippen molar-refractivity contribution >= 4 is 17.5 Å². The van der Waals surface area contributed by atoms with E-state index in [-0.39, 0.29) is 11.9 Å². The number of rotatable bonds is 5. The number of hydrogen-bond acceptors (Lipinski definition) is 4. The van der Waals surface area contributed by atoms with Crippen molar-refractivity contribution in [3.05, 3.63) is 47.3 Å². The number of hydrogen-bond donors (Lipinski definition) is 2. The normalized spacial score (nSPS) is 11.9. The maximum atomic E-state index is 13.5. The van der Waals surface area contributed by atoms with Crippen molar-refractivity contribution in [3.8, 4) is 0 Å². The van der Waals surface area contributed by atoms with E-state index in [1.54, 1.807) is 6.07 Å². The molecule has 2 rings (SSSR count). The average molecular weight is 324 g/mol. The van der Waals surface area contributed by atoms with Crippen LogP contribution >= 0.6 is 0 Å². The Labute approximate surface area is 130 Å². The van der Waals surface area contributed by atoms with Crippen molar-refractivity contribution in [1.82, 2.24) is 10.2 Å². The Morgan fingerprint density at radius 1 is 1.09 bits per heavy atom. The van der Waals surface area contributed by atoms with Crippen LogP contribution in [0.4, 0.5) is 24.8 Å². The molecule has 1 aromatic carbocycles. The van der Waals surface area contributed by atoms with Crippen molar-refractivity contribution in [2.45, 2.75) is 26.3 Å². The van der Waals surface area contributed by atoms with Gasteiger partial charge in [0.15, 0.2) is 23.3 Å². The van der Waals surface area contributed by atoms with Crippen LogP contribution in [-0.2, 0) is 0 Å². The fraction of sp³-hybridized carbons (Fsp3) is 0.267. The second kappa shape index (κ2) is 7.08. The second-order valence-electron chi connectivity index (χ2n) is 4.93. The number of nitrogens with zero attached hydrogens (tertiary/aromatic N) is 2. The number of nitrogens with one attached hydrogen (secondary N) is 2. The van der Waals surface area contributed by atoms with E-state index in [0.717, 1.165) is 12.5 Å². The maximum Gasteiger partial charge on any atom is 0.259 e. The van der Waals surface area contributed by atoms with Crippen LogP contribution in [-0.4, -0.2) is 22.1 Å². The summed E-state index contributed by atoms with van der Waals surface area (Å²) in [5.41, 5.74) is -0.618. The van der Waals surface area contributed by atoms with Crippen LogP contribution in [0.5, 0.6) is 0 Å². The largest absolute Gasteiger partial charge is 0.366 e. The average Bonchev–Trinajstić information content (AvgIpc) is 2.54. The van der Waals surface area contributed by atoms with Gasteiger partial charge < -0.3 is 10.6 Å². The molecule has 0 saturated carbocycles. The second-order valence-corrected chi connectivity index (χ2v) is 4.93. The molecule has 0 bridgehead atoms. The Morgan fingerprint density at radius 2 is 1.74 bits per heavy atom. The fourth-order valence-electron chi connectivity index (χ4n) is 1.72. The quantitative estimate of drug-likeness (QED) is 0.828. The molecule has 5 nitrogen and oxygen atoms in total. The fourth-order valence-corrected chi connectivity index (χ4v) is 1.72. The lowest BCUT2D eigenvalue weighted by Gasteiger charge is -2.11. The van der Waals surface area contributed by atoms with Crippen molar-refractivity contribution in [2.75, 3.05) is 10.6 Å². The van der Waals surface area contributed by atoms with Gasteiger partial charge in [-0.2, -0.15) is 0 Å². The van der Waals surface area contributed by atoms with Gasteiger partial charge in [0.05, 0.1) is 5.56 Å². The zero-order chi connectivity index (χ0) is 17.0. The summed E-state index contributed by atoms with van der Waals surface area (Å²) >= 11 is 0. The number of halogens is 3. The molecule has 1 unspecified atom stereocenters. The standard InChI is InChI=1S/C15H15F3N4O/c1-3-8(2)19-11-6-7-12(22-21-11)20-15(23)9-4-5-10(16)14(18)13(9)17/h4-8H,3H2,1-2H3,(H,19,21)(H,20,22,23). The molecule has 0 spiro atoms. The van der Waals surface area contributed by atoms with Gasteiger partial charge in [0, 0.05) is 6.04 Å². The maximum absolute atomic E-state index is 13.5. The highest BCUT2D eigenvalue weighted by Crippen LogP contribution is 2.16. The van der Waals surface area contributed by atoms with E-state index in [1.807, 2.05) is 13.8 Å². The molecule has 23 heavy (non-hydrogen) atoms. The first-order valence-corrected chi connectivity index (χ1v) is 6.97. The first-order chi connectivity index (χ1) is 10.9. The van der Waals surface area contributed by atoms with Gasteiger partial charge in [0.25, 0.3) is 5.91 Å². The molecule has 122 valence electrons. The molecule has 1 heterocycles. The smallest absolute Gasteiger partial charge is 0.259 e. The van der Waals surface area contributed by atoms with Crippen LogP contribution in [0.1, 0.15) is 30.6 Å². The highest BCUT2D eigenvalue weighted by atomic mass is 19.2. The predicted molar refractivity (Wildman–Crippen MR) is 79.7 cm³/mol. The summed E-state index contributed by atoms with van der Waals surface area (Å²) in [5.74, 6) is -4.97. The molecule has 0 aliphatic heterocycles. The van der Waals surface area contributed by atoms with Crippen LogP contribution in [0.2, 0.25) is 0 Å². The molecule has 1 amide bonds. The molecule has 0 aliphatic carbocycles. The highest BCUT2D eigenvalue weighted by molar-refractivity contribution is 6.03. The van der Waals surface area contributed by atoms with Crippen LogP contribution in [0.25, 0.3) is 0 Å². The lowest BCUT2D eigenvalue weighted by Crippen LogP contribution is -2.17. The monoisotopic (exact) mass is 324 g/mol. The predicted octanol–water partition coefficient (Wildman–Crippen LogP) is 3.36. The van der Waals surface area contributed by atoms with Crippen molar-refractivity contribution in [2.24, 2.45) is 0 Å². The molecule has 2 aromatic rings. The summed E-state index contributed by atoms with van der Waals surface area (Å²) < 4.78 is 39.5. The first kappa shape index (κ1) is 16.7. The van der Waals surface area contributed by atoms with Gasteiger partial charge in [-0.15, -0.1) is 10.2 Å². The molecule has 1 atom stereocenters. The number of aromatic nitrogens is 2. The lowest BCUT2D eigenvalue weighted by atomic mass is 10.2. The van der Waals surface area contributed by atoms with Crippen LogP contribution in [0.3, 0.4) is 0 Å². The zero-order valence-corrected chi connectivity index (χ0v) is 12.5. The molecule has 1 aromatic heterocycles. The summed E-state index contributed by atoms with van der Waals surface area (Å²) in [5, 5.41) is 13.0. The van der Waals surface area contributed by atoms with E-state index < -0.39 is 28.9 Å². The third-order valence-corrected chi connectivity index (χ3v) is 3.19. The van der Waals surface area contributed by atoms with Gasteiger partial charge in [0.1, 0.15) is 5.82 Å². The molecule has 8 heteroatoms. The summed E-state index contributed by atoms with van der Waals surface area (Å²) in [6.07, 6.45) is 0.898. The van der Waals surface area contributed by atoms with Crippen molar-refractivity contribution in [3.63, 3.8) is 0 Å².